The first-order valence-corrected chi connectivity index (χ1v) is 21.9. The number of ether oxygens (including phenoxy) is 1. The van der Waals surface area contributed by atoms with Crippen molar-refractivity contribution in [1.29, 1.82) is 0 Å². The van der Waals surface area contributed by atoms with Gasteiger partial charge in [0.05, 0.1) is 18.1 Å². The maximum absolute atomic E-state index is 6.30. The van der Waals surface area contributed by atoms with Crippen LogP contribution in [0.1, 0.15) is 66.3 Å². The Kier molecular flexibility index (Phi) is 8.27. The molecule has 2 N–H and O–H groups in total. The van der Waals surface area contributed by atoms with Gasteiger partial charge in [-0.1, -0.05) is 146 Å². The molecule has 0 amide bonds. The lowest BCUT2D eigenvalue weighted by Gasteiger charge is -2.57. The van der Waals surface area contributed by atoms with Gasteiger partial charge in [0, 0.05) is 54.8 Å². The van der Waals surface area contributed by atoms with Gasteiger partial charge in [-0.15, -0.1) is 0 Å². The minimum absolute atomic E-state index is 0.267. The van der Waals surface area contributed by atoms with Gasteiger partial charge >= 0.3 is 0 Å². The molecule has 13 rings (SSSR count). The average molecular weight is 777 g/mol. The molecule has 60 heavy (non-hydrogen) atoms. The van der Waals surface area contributed by atoms with E-state index in [1.54, 1.807) is 0 Å². The maximum atomic E-state index is 6.30. The van der Waals surface area contributed by atoms with Gasteiger partial charge in [0.1, 0.15) is 5.75 Å². The second-order valence-electron chi connectivity index (χ2n) is 18.1. The van der Waals surface area contributed by atoms with Crippen LogP contribution in [0.3, 0.4) is 0 Å². The first-order chi connectivity index (χ1) is 29.6. The quantitative estimate of drug-likeness (QED) is 0.148. The van der Waals surface area contributed by atoms with Gasteiger partial charge in [-0.3, -0.25) is 0 Å². The van der Waals surface area contributed by atoms with E-state index in [4.69, 9.17) is 4.74 Å². The normalized spacial score (nSPS) is 21.1. The van der Waals surface area contributed by atoms with Crippen LogP contribution in [0.2, 0.25) is 0 Å². The van der Waals surface area contributed by atoms with Gasteiger partial charge in [-0.05, 0) is 114 Å². The summed E-state index contributed by atoms with van der Waals surface area (Å²) in [6, 6.07) is 53.3. The summed E-state index contributed by atoms with van der Waals surface area (Å²) in [5, 5.41) is 5.06. The molecule has 292 valence electrons. The second kappa shape index (κ2) is 14.0. The fourth-order valence-electron chi connectivity index (χ4n) is 12.1. The molecule has 3 nitrogen and oxygen atoms in total. The SMILES string of the molecule is COc1c(C=Cc2ccc(-c3cccc4c3[nH]c3ccccc34)cc2)cc(C23CC4CC(CC(C4)C2)C3)cc1C=Cc1ccc(-c2cccc3c2[nH]c2ccccc23)cc1. The number of rotatable bonds is 8. The Balaban J connectivity index is 0.883. The fourth-order valence-corrected chi connectivity index (χ4v) is 12.1. The first-order valence-electron chi connectivity index (χ1n) is 21.9. The van der Waals surface area contributed by atoms with E-state index >= 15 is 0 Å². The van der Waals surface area contributed by atoms with E-state index < -0.39 is 0 Å². The minimum Gasteiger partial charge on any atom is -0.496 e. The highest BCUT2D eigenvalue weighted by atomic mass is 16.5. The number of fused-ring (bicyclic) bond motifs is 6. The summed E-state index contributed by atoms with van der Waals surface area (Å²) in [4.78, 5) is 7.36. The summed E-state index contributed by atoms with van der Waals surface area (Å²) in [6.45, 7) is 0. The zero-order valence-corrected chi connectivity index (χ0v) is 34.0. The summed E-state index contributed by atoms with van der Waals surface area (Å²) >= 11 is 0. The molecule has 4 fully saturated rings. The predicted octanol–water partition coefficient (Wildman–Crippen LogP) is 15.1. The van der Waals surface area contributed by atoms with Crippen molar-refractivity contribution in [3.05, 3.63) is 173 Å². The molecule has 7 aromatic carbocycles. The molecule has 0 saturated heterocycles. The van der Waals surface area contributed by atoms with Crippen LogP contribution in [-0.4, -0.2) is 17.1 Å². The zero-order chi connectivity index (χ0) is 39.8. The molecule has 4 bridgehead atoms. The van der Waals surface area contributed by atoms with E-state index in [2.05, 4.69) is 180 Å². The Morgan fingerprint density at radius 1 is 0.483 bits per heavy atom. The monoisotopic (exact) mass is 776 g/mol. The zero-order valence-electron chi connectivity index (χ0n) is 34.0. The maximum Gasteiger partial charge on any atom is 0.133 e. The minimum atomic E-state index is 0.267. The number of benzene rings is 7. The van der Waals surface area contributed by atoms with Crippen molar-refractivity contribution in [3.8, 4) is 28.0 Å². The van der Waals surface area contributed by atoms with Crippen LogP contribution in [0.25, 0.3) is 90.2 Å². The third kappa shape index (κ3) is 5.93. The molecule has 0 atom stereocenters. The van der Waals surface area contributed by atoms with Crippen LogP contribution in [0.5, 0.6) is 5.75 Å². The highest BCUT2D eigenvalue weighted by molar-refractivity contribution is 6.12. The number of aromatic nitrogens is 2. The topological polar surface area (TPSA) is 40.8 Å². The van der Waals surface area contributed by atoms with E-state index in [0.29, 0.717) is 0 Å². The number of aromatic amines is 2. The van der Waals surface area contributed by atoms with E-state index in [0.717, 1.165) is 34.6 Å². The number of hydrogen-bond acceptors (Lipinski definition) is 1. The largest absolute Gasteiger partial charge is 0.496 e. The standard InChI is InChI=1S/C57H48N2O/c1-60-56-43(26-20-36-16-22-41(23-17-36)46-10-6-12-50-48-8-2-4-14-52(48)58-54(46)50)31-45(57-33-38-28-39(34-57)30-40(29-38)35-57)32-44(56)27-21-37-18-24-42(25-19-37)47-11-7-13-51-49-9-3-5-15-53(49)59-55(47)51/h2-27,31-32,38-40,58-59H,28-30,33-35H2,1H3. The summed E-state index contributed by atoms with van der Waals surface area (Å²) in [7, 11) is 1.83. The number of H-pyrrole nitrogens is 2. The average Bonchev–Trinajstić information content (AvgIpc) is 3.86. The predicted molar refractivity (Wildman–Crippen MR) is 253 cm³/mol. The molecule has 0 spiro atoms. The van der Waals surface area contributed by atoms with Crippen molar-refractivity contribution in [2.75, 3.05) is 7.11 Å². The van der Waals surface area contributed by atoms with Crippen molar-refractivity contribution in [2.45, 2.75) is 43.9 Å². The third-order valence-electron chi connectivity index (χ3n) is 14.4. The highest BCUT2D eigenvalue weighted by Crippen LogP contribution is 2.61. The van der Waals surface area contributed by atoms with Gasteiger partial charge in [-0.25, -0.2) is 0 Å². The van der Waals surface area contributed by atoms with Crippen LogP contribution in [0, 0.1) is 17.8 Å². The Labute approximate surface area is 351 Å². The van der Waals surface area contributed by atoms with Crippen LogP contribution in [-0.2, 0) is 5.41 Å². The lowest BCUT2D eigenvalue weighted by molar-refractivity contribution is -0.00522. The molecule has 9 aromatic rings. The summed E-state index contributed by atoms with van der Waals surface area (Å²) in [5.41, 5.74) is 16.0. The van der Waals surface area contributed by atoms with Crippen molar-refractivity contribution < 1.29 is 4.74 Å². The highest BCUT2D eigenvalue weighted by Gasteiger charge is 2.51. The second-order valence-corrected chi connectivity index (χ2v) is 18.1. The van der Waals surface area contributed by atoms with Gasteiger partial charge in [0.25, 0.3) is 0 Å². The van der Waals surface area contributed by atoms with Crippen LogP contribution >= 0.6 is 0 Å². The van der Waals surface area contributed by atoms with Gasteiger partial charge < -0.3 is 14.7 Å². The molecule has 4 saturated carbocycles. The Morgan fingerprint density at radius 2 is 0.917 bits per heavy atom. The molecule has 0 aliphatic heterocycles. The summed E-state index contributed by atoms with van der Waals surface area (Å²) in [6.07, 6.45) is 17.4. The van der Waals surface area contributed by atoms with E-state index in [9.17, 15) is 0 Å². The molecule has 0 radical (unpaired) electrons. The molecule has 2 aromatic heterocycles. The van der Waals surface area contributed by atoms with E-state index in [1.807, 2.05) is 7.11 Å². The van der Waals surface area contributed by atoms with Gasteiger partial charge in [0.15, 0.2) is 0 Å². The van der Waals surface area contributed by atoms with E-state index in [-0.39, 0.29) is 5.41 Å². The number of hydrogen-bond donors (Lipinski definition) is 2. The molecule has 4 aliphatic carbocycles. The smallest absolute Gasteiger partial charge is 0.133 e. The number of para-hydroxylation sites is 4. The fraction of sp³-hybridized carbons (Fsp3) is 0.193. The van der Waals surface area contributed by atoms with Crippen LogP contribution < -0.4 is 4.74 Å². The number of nitrogens with one attached hydrogen (secondary N) is 2. The molecule has 2 heterocycles. The van der Waals surface area contributed by atoms with Crippen molar-refractivity contribution in [3.63, 3.8) is 0 Å². The molecule has 3 heteroatoms. The first kappa shape index (κ1) is 35.4. The lowest BCUT2D eigenvalue weighted by atomic mass is 9.48. The van der Waals surface area contributed by atoms with Gasteiger partial charge in [0.2, 0.25) is 0 Å². The molecule has 0 unspecified atom stereocenters. The van der Waals surface area contributed by atoms with Crippen LogP contribution in [0.15, 0.2) is 146 Å². The van der Waals surface area contributed by atoms with Crippen LogP contribution in [0.4, 0.5) is 0 Å². The Morgan fingerprint density at radius 3 is 1.37 bits per heavy atom. The van der Waals surface area contributed by atoms with Crippen molar-refractivity contribution in [2.24, 2.45) is 17.8 Å². The molecular formula is C57H48N2O. The lowest BCUT2D eigenvalue weighted by Crippen LogP contribution is -2.48. The van der Waals surface area contributed by atoms with Gasteiger partial charge in [-0.2, -0.15) is 0 Å². The number of methoxy groups -OCH3 is 1. The Hall–Kier alpha value is -6.58. The van der Waals surface area contributed by atoms with Crippen molar-refractivity contribution >= 4 is 67.9 Å². The summed E-state index contributed by atoms with van der Waals surface area (Å²) in [5.74, 6) is 3.55. The Bertz CT molecular complexity index is 2930. The molecule has 4 aliphatic rings. The summed E-state index contributed by atoms with van der Waals surface area (Å²) < 4.78 is 6.30. The van der Waals surface area contributed by atoms with Crippen molar-refractivity contribution in [1.82, 2.24) is 9.97 Å². The van der Waals surface area contributed by atoms with E-state index in [1.165, 1.54) is 121 Å². The third-order valence-corrected chi connectivity index (χ3v) is 14.4. The molecular weight excluding hydrogens is 729 g/mol.